The molecular weight excluding hydrogens is 395 g/mol. The third-order valence-electron chi connectivity index (χ3n) is 4.64. The molecule has 148 valence electrons. The highest BCUT2D eigenvalue weighted by Gasteiger charge is 2.35. The number of hydrogen-bond donors (Lipinski definition) is 1. The van der Waals surface area contributed by atoms with Crippen molar-refractivity contribution in [3.05, 3.63) is 76.2 Å². The summed E-state index contributed by atoms with van der Waals surface area (Å²) in [5.74, 6) is 0.145. The quantitative estimate of drug-likeness (QED) is 0.635. The molecular formula is C21H18ClFN4O2. The number of halogens is 2. The second kappa shape index (κ2) is 7.67. The Morgan fingerprint density at radius 3 is 2.55 bits per heavy atom. The zero-order chi connectivity index (χ0) is 20.5. The third kappa shape index (κ3) is 3.61. The fourth-order valence-electron chi connectivity index (χ4n) is 3.30. The van der Waals surface area contributed by atoms with Gasteiger partial charge in [-0.25, -0.2) is 13.9 Å². The van der Waals surface area contributed by atoms with Gasteiger partial charge in [0.15, 0.2) is 5.82 Å². The molecule has 2 heterocycles. The number of allylic oxidation sites excluding steroid dienone is 1. The van der Waals surface area contributed by atoms with Crippen LogP contribution in [0.3, 0.4) is 0 Å². The Hall–Kier alpha value is -3.19. The van der Waals surface area contributed by atoms with E-state index in [1.807, 2.05) is 12.1 Å². The summed E-state index contributed by atoms with van der Waals surface area (Å²) in [6, 6.07) is 12.5. The van der Waals surface area contributed by atoms with Crippen LogP contribution < -0.4 is 5.32 Å². The van der Waals surface area contributed by atoms with Gasteiger partial charge in [-0.1, -0.05) is 23.7 Å². The number of esters is 1. The maximum Gasteiger partial charge on any atom is 0.338 e. The molecule has 4 rings (SSSR count). The summed E-state index contributed by atoms with van der Waals surface area (Å²) in [5, 5.41) is 8.37. The molecule has 0 spiro atoms. The van der Waals surface area contributed by atoms with E-state index in [-0.39, 0.29) is 12.4 Å². The highest BCUT2D eigenvalue weighted by molar-refractivity contribution is 6.30. The Labute approximate surface area is 172 Å². The smallest absolute Gasteiger partial charge is 0.338 e. The first kappa shape index (κ1) is 19.1. The molecule has 2 aromatic carbocycles. The van der Waals surface area contributed by atoms with Gasteiger partial charge in [-0.2, -0.15) is 4.98 Å². The van der Waals surface area contributed by atoms with Crippen LogP contribution in [0, 0.1) is 5.82 Å². The van der Waals surface area contributed by atoms with Crippen molar-refractivity contribution in [2.75, 3.05) is 11.9 Å². The predicted molar refractivity (Wildman–Crippen MR) is 108 cm³/mol. The summed E-state index contributed by atoms with van der Waals surface area (Å²) in [6.07, 6.45) is 0. The number of nitrogens with zero attached hydrogens (tertiary/aromatic N) is 3. The number of hydrogen-bond acceptors (Lipinski definition) is 5. The van der Waals surface area contributed by atoms with Crippen LogP contribution in [-0.4, -0.2) is 27.3 Å². The number of fused-ring (bicyclic) bond motifs is 1. The Bertz CT molecular complexity index is 1090. The SMILES string of the molecule is CCOC(=O)C1=C(C)Nc2nc(-c3ccc(Cl)cc3)nn2C1c1ccc(F)cc1. The molecule has 1 atom stereocenters. The number of carbonyl (C=O) groups is 1. The Kier molecular flexibility index (Phi) is 5.07. The van der Waals surface area contributed by atoms with Crippen LogP contribution >= 0.6 is 11.6 Å². The fourth-order valence-corrected chi connectivity index (χ4v) is 3.42. The lowest BCUT2D eigenvalue weighted by atomic mass is 9.96. The molecule has 1 aliphatic rings. The van der Waals surface area contributed by atoms with Gasteiger partial charge in [0.25, 0.3) is 0 Å². The number of carbonyl (C=O) groups excluding carboxylic acids is 1. The van der Waals surface area contributed by atoms with E-state index in [1.165, 1.54) is 12.1 Å². The predicted octanol–water partition coefficient (Wildman–Crippen LogP) is 4.59. The van der Waals surface area contributed by atoms with E-state index >= 15 is 0 Å². The summed E-state index contributed by atoms with van der Waals surface area (Å²) < 4.78 is 20.4. The molecule has 0 saturated heterocycles. The topological polar surface area (TPSA) is 69.0 Å². The molecule has 0 bridgehead atoms. The lowest BCUT2D eigenvalue weighted by Crippen LogP contribution is -2.29. The van der Waals surface area contributed by atoms with Gasteiger partial charge in [0.1, 0.15) is 11.9 Å². The molecule has 0 fully saturated rings. The summed E-state index contributed by atoms with van der Waals surface area (Å²) >= 11 is 5.97. The van der Waals surface area contributed by atoms with Gasteiger partial charge in [0.05, 0.1) is 12.2 Å². The number of ether oxygens (including phenoxy) is 1. The minimum atomic E-state index is -0.598. The maximum atomic E-state index is 13.5. The summed E-state index contributed by atoms with van der Waals surface area (Å²) in [7, 11) is 0. The molecule has 1 aliphatic heterocycles. The van der Waals surface area contributed by atoms with Crippen molar-refractivity contribution in [2.45, 2.75) is 19.9 Å². The van der Waals surface area contributed by atoms with Crippen LogP contribution in [0.1, 0.15) is 25.5 Å². The molecule has 29 heavy (non-hydrogen) atoms. The molecule has 0 aliphatic carbocycles. The summed E-state index contributed by atoms with van der Waals surface area (Å²) in [4.78, 5) is 17.3. The second-order valence-electron chi connectivity index (χ2n) is 6.55. The Morgan fingerprint density at radius 1 is 1.21 bits per heavy atom. The number of aromatic nitrogens is 3. The monoisotopic (exact) mass is 412 g/mol. The van der Waals surface area contributed by atoms with Crippen LogP contribution in [0.15, 0.2) is 59.8 Å². The number of benzene rings is 2. The van der Waals surface area contributed by atoms with Crippen LogP contribution in [0.5, 0.6) is 0 Å². The van der Waals surface area contributed by atoms with Crippen LogP contribution in [0.2, 0.25) is 5.02 Å². The highest BCUT2D eigenvalue weighted by Crippen LogP contribution is 2.36. The average molecular weight is 413 g/mol. The van der Waals surface area contributed by atoms with Crippen molar-refractivity contribution < 1.29 is 13.9 Å². The lowest BCUT2D eigenvalue weighted by molar-refractivity contribution is -0.139. The van der Waals surface area contributed by atoms with Crippen LogP contribution in [0.25, 0.3) is 11.4 Å². The van der Waals surface area contributed by atoms with Crippen LogP contribution in [-0.2, 0) is 9.53 Å². The second-order valence-corrected chi connectivity index (χ2v) is 6.99. The van der Waals surface area contributed by atoms with E-state index < -0.39 is 12.0 Å². The maximum absolute atomic E-state index is 13.5. The lowest BCUT2D eigenvalue weighted by Gasteiger charge is -2.28. The van der Waals surface area contributed by atoms with Crippen molar-refractivity contribution >= 4 is 23.5 Å². The molecule has 1 unspecified atom stereocenters. The van der Waals surface area contributed by atoms with Gasteiger partial charge in [-0.05, 0) is 55.8 Å². The number of anilines is 1. The normalized spacial score (nSPS) is 15.7. The van der Waals surface area contributed by atoms with E-state index in [9.17, 15) is 9.18 Å². The molecule has 3 aromatic rings. The van der Waals surface area contributed by atoms with Crippen molar-refractivity contribution in [3.8, 4) is 11.4 Å². The average Bonchev–Trinajstić information content (AvgIpc) is 3.12. The molecule has 8 heteroatoms. The first-order chi connectivity index (χ1) is 14.0. The van der Waals surface area contributed by atoms with Crippen molar-refractivity contribution in [2.24, 2.45) is 0 Å². The summed E-state index contributed by atoms with van der Waals surface area (Å²) in [6.45, 7) is 3.77. The first-order valence-electron chi connectivity index (χ1n) is 9.10. The van der Waals surface area contributed by atoms with E-state index in [0.29, 0.717) is 33.6 Å². The third-order valence-corrected chi connectivity index (χ3v) is 4.89. The van der Waals surface area contributed by atoms with Crippen LogP contribution in [0.4, 0.5) is 10.3 Å². The first-order valence-corrected chi connectivity index (χ1v) is 9.48. The Balaban J connectivity index is 1.85. The minimum absolute atomic E-state index is 0.242. The summed E-state index contributed by atoms with van der Waals surface area (Å²) in [5.41, 5.74) is 2.49. The van der Waals surface area contributed by atoms with E-state index in [1.54, 1.807) is 42.8 Å². The van der Waals surface area contributed by atoms with E-state index in [4.69, 9.17) is 16.3 Å². The van der Waals surface area contributed by atoms with E-state index in [0.717, 1.165) is 5.56 Å². The van der Waals surface area contributed by atoms with E-state index in [2.05, 4.69) is 15.4 Å². The van der Waals surface area contributed by atoms with Crippen molar-refractivity contribution in [3.63, 3.8) is 0 Å². The van der Waals surface area contributed by atoms with Gasteiger partial charge >= 0.3 is 5.97 Å². The number of rotatable bonds is 4. The van der Waals surface area contributed by atoms with Gasteiger partial charge in [-0.15, -0.1) is 5.10 Å². The van der Waals surface area contributed by atoms with Gasteiger partial charge in [0, 0.05) is 16.3 Å². The van der Waals surface area contributed by atoms with Crippen molar-refractivity contribution in [1.29, 1.82) is 0 Å². The van der Waals surface area contributed by atoms with Gasteiger partial charge < -0.3 is 10.1 Å². The van der Waals surface area contributed by atoms with Gasteiger partial charge in [0.2, 0.25) is 5.95 Å². The molecule has 0 amide bonds. The molecule has 0 radical (unpaired) electrons. The molecule has 6 nitrogen and oxygen atoms in total. The standard InChI is InChI=1S/C21H18ClFN4O2/c1-3-29-20(28)17-12(2)24-21-25-19(14-4-8-15(22)9-5-14)26-27(21)18(17)13-6-10-16(23)11-7-13/h4-11,18H,3H2,1-2H3,(H,24,25,26). The Morgan fingerprint density at radius 2 is 1.90 bits per heavy atom. The zero-order valence-electron chi connectivity index (χ0n) is 15.8. The largest absolute Gasteiger partial charge is 0.463 e. The van der Waals surface area contributed by atoms with Gasteiger partial charge in [-0.3, -0.25) is 0 Å². The fraction of sp³-hybridized carbons (Fsp3) is 0.190. The highest BCUT2D eigenvalue weighted by atomic mass is 35.5. The van der Waals surface area contributed by atoms with Crippen molar-refractivity contribution in [1.82, 2.24) is 14.8 Å². The zero-order valence-corrected chi connectivity index (χ0v) is 16.6. The molecule has 0 saturated carbocycles. The number of nitrogens with one attached hydrogen (secondary N) is 1. The minimum Gasteiger partial charge on any atom is -0.463 e. The molecule has 1 N–H and O–H groups in total. The molecule has 1 aromatic heterocycles.